The predicted octanol–water partition coefficient (Wildman–Crippen LogP) is 2.91. The Hall–Kier alpha value is -2.89. The molecule has 1 aliphatic heterocycles. The van der Waals surface area contributed by atoms with Crippen LogP contribution in [0.2, 0.25) is 0 Å². The standard InChI is InChI=1S/C16H15N3O3/c1-20-14-4-10(5-15-16(14)22-9-21-15)7-17-12-3-2-11-8-18-19-13(11)6-12/h2-6,8,17H,7,9H2,1H3,(H,18,19). The van der Waals surface area contributed by atoms with E-state index in [0.717, 1.165) is 27.9 Å². The van der Waals surface area contributed by atoms with Crippen molar-refractivity contribution in [3.05, 3.63) is 42.1 Å². The van der Waals surface area contributed by atoms with Gasteiger partial charge in [0.25, 0.3) is 0 Å². The molecule has 0 bridgehead atoms. The summed E-state index contributed by atoms with van der Waals surface area (Å²) in [6.07, 6.45) is 1.81. The van der Waals surface area contributed by atoms with Crippen LogP contribution in [0.5, 0.6) is 17.2 Å². The summed E-state index contributed by atoms with van der Waals surface area (Å²) in [5.41, 5.74) is 3.09. The van der Waals surface area contributed by atoms with Crippen molar-refractivity contribution in [1.82, 2.24) is 10.2 Å². The number of hydrogen-bond acceptors (Lipinski definition) is 5. The molecule has 0 amide bonds. The number of fused-ring (bicyclic) bond motifs is 2. The minimum atomic E-state index is 0.235. The molecule has 6 nitrogen and oxygen atoms in total. The Morgan fingerprint density at radius 1 is 1.27 bits per heavy atom. The van der Waals surface area contributed by atoms with E-state index < -0.39 is 0 Å². The summed E-state index contributed by atoms with van der Waals surface area (Å²) in [7, 11) is 1.63. The molecule has 0 saturated carbocycles. The lowest BCUT2D eigenvalue weighted by molar-refractivity contribution is 0.171. The normalized spacial score (nSPS) is 12.6. The van der Waals surface area contributed by atoms with Crippen LogP contribution in [-0.2, 0) is 6.54 Å². The SMILES string of the molecule is COc1cc(CNc2ccc3cn[nH]c3c2)cc2c1OCO2. The minimum Gasteiger partial charge on any atom is -0.493 e. The average Bonchev–Trinajstić information content (AvgIpc) is 3.20. The largest absolute Gasteiger partial charge is 0.493 e. The van der Waals surface area contributed by atoms with E-state index >= 15 is 0 Å². The molecular weight excluding hydrogens is 282 g/mol. The third-order valence-corrected chi connectivity index (χ3v) is 3.66. The molecule has 0 atom stereocenters. The average molecular weight is 297 g/mol. The highest BCUT2D eigenvalue weighted by Crippen LogP contribution is 2.41. The lowest BCUT2D eigenvalue weighted by atomic mass is 10.1. The molecular formula is C16H15N3O3. The molecule has 4 rings (SSSR count). The molecule has 22 heavy (non-hydrogen) atoms. The third kappa shape index (κ3) is 2.18. The molecule has 3 aromatic rings. The molecule has 6 heteroatoms. The fourth-order valence-electron chi connectivity index (χ4n) is 2.54. The number of aromatic nitrogens is 2. The number of nitrogens with one attached hydrogen (secondary N) is 2. The predicted molar refractivity (Wildman–Crippen MR) is 82.5 cm³/mol. The first-order valence-electron chi connectivity index (χ1n) is 6.97. The topological polar surface area (TPSA) is 68.4 Å². The zero-order chi connectivity index (χ0) is 14.9. The van der Waals surface area contributed by atoms with Crippen LogP contribution in [0.25, 0.3) is 10.9 Å². The Balaban J connectivity index is 1.56. The van der Waals surface area contributed by atoms with Gasteiger partial charge in [0.15, 0.2) is 11.5 Å². The second-order valence-corrected chi connectivity index (χ2v) is 5.06. The van der Waals surface area contributed by atoms with E-state index in [4.69, 9.17) is 14.2 Å². The van der Waals surface area contributed by atoms with Gasteiger partial charge in [0.1, 0.15) is 0 Å². The fraction of sp³-hybridized carbons (Fsp3) is 0.188. The van der Waals surface area contributed by atoms with Gasteiger partial charge in [-0.15, -0.1) is 0 Å². The number of benzene rings is 2. The Morgan fingerprint density at radius 3 is 3.14 bits per heavy atom. The van der Waals surface area contributed by atoms with Crippen LogP contribution in [0.4, 0.5) is 5.69 Å². The summed E-state index contributed by atoms with van der Waals surface area (Å²) in [6, 6.07) is 10.0. The summed E-state index contributed by atoms with van der Waals surface area (Å²) in [4.78, 5) is 0. The number of H-pyrrole nitrogens is 1. The van der Waals surface area contributed by atoms with Crippen LogP contribution in [0.15, 0.2) is 36.5 Å². The maximum atomic E-state index is 5.44. The second kappa shape index (κ2) is 5.14. The third-order valence-electron chi connectivity index (χ3n) is 3.66. The molecule has 1 aromatic heterocycles. The Morgan fingerprint density at radius 2 is 2.23 bits per heavy atom. The number of nitrogens with zero attached hydrogens (tertiary/aromatic N) is 1. The zero-order valence-corrected chi connectivity index (χ0v) is 12.1. The van der Waals surface area contributed by atoms with Crippen molar-refractivity contribution in [1.29, 1.82) is 0 Å². The van der Waals surface area contributed by atoms with Gasteiger partial charge in [-0.3, -0.25) is 5.10 Å². The van der Waals surface area contributed by atoms with Gasteiger partial charge in [0.2, 0.25) is 12.5 Å². The Bertz CT molecular complexity index is 829. The highest BCUT2D eigenvalue weighted by molar-refractivity contribution is 5.81. The van der Waals surface area contributed by atoms with Gasteiger partial charge < -0.3 is 19.5 Å². The molecule has 0 unspecified atom stereocenters. The zero-order valence-electron chi connectivity index (χ0n) is 12.1. The molecule has 2 N–H and O–H groups in total. The van der Waals surface area contributed by atoms with Crippen LogP contribution in [0.1, 0.15) is 5.56 Å². The highest BCUT2D eigenvalue weighted by atomic mass is 16.7. The Kier molecular flexibility index (Phi) is 3.00. The van der Waals surface area contributed by atoms with E-state index in [9.17, 15) is 0 Å². The number of hydrogen-bond donors (Lipinski definition) is 2. The Labute approximate surface area is 127 Å². The van der Waals surface area contributed by atoms with E-state index in [-0.39, 0.29) is 6.79 Å². The van der Waals surface area contributed by atoms with E-state index in [2.05, 4.69) is 15.5 Å². The van der Waals surface area contributed by atoms with Crippen molar-refractivity contribution >= 4 is 16.6 Å². The summed E-state index contributed by atoms with van der Waals surface area (Å²) in [6.45, 7) is 0.895. The fourth-order valence-corrected chi connectivity index (χ4v) is 2.54. The molecule has 112 valence electrons. The van der Waals surface area contributed by atoms with Gasteiger partial charge in [-0.2, -0.15) is 5.10 Å². The molecule has 0 spiro atoms. The van der Waals surface area contributed by atoms with Gasteiger partial charge in [0.05, 0.1) is 18.8 Å². The van der Waals surface area contributed by atoms with E-state index in [0.29, 0.717) is 18.0 Å². The molecule has 0 saturated heterocycles. The van der Waals surface area contributed by atoms with E-state index in [1.807, 2.05) is 36.5 Å². The van der Waals surface area contributed by atoms with Crippen molar-refractivity contribution in [2.75, 3.05) is 19.2 Å². The minimum absolute atomic E-state index is 0.235. The van der Waals surface area contributed by atoms with Crippen LogP contribution in [0.3, 0.4) is 0 Å². The van der Waals surface area contributed by atoms with Crippen molar-refractivity contribution in [3.8, 4) is 17.2 Å². The van der Waals surface area contributed by atoms with E-state index in [1.54, 1.807) is 7.11 Å². The smallest absolute Gasteiger partial charge is 0.231 e. The first kappa shape index (κ1) is 12.8. The van der Waals surface area contributed by atoms with Gasteiger partial charge in [-0.05, 0) is 35.9 Å². The quantitative estimate of drug-likeness (QED) is 0.775. The van der Waals surface area contributed by atoms with Gasteiger partial charge in [-0.25, -0.2) is 0 Å². The summed E-state index contributed by atoms with van der Waals surface area (Å²) >= 11 is 0. The monoisotopic (exact) mass is 297 g/mol. The first-order valence-corrected chi connectivity index (χ1v) is 6.97. The molecule has 2 aromatic carbocycles. The number of anilines is 1. The van der Waals surface area contributed by atoms with Gasteiger partial charge in [0, 0.05) is 17.6 Å². The van der Waals surface area contributed by atoms with Crippen molar-refractivity contribution in [2.24, 2.45) is 0 Å². The summed E-state index contributed by atoms with van der Waals surface area (Å²) < 4.78 is 16.2. The number of ether oxygens (including phenoxy) is 3. The highest BCUT2D eigenvalue weighted by Gasteiger charge is 2.19. The molecule has 1 aliphatic rings. The maximum Gasteiger partial charge on any atom is 0.231 e. The maximum absolute atomic E-state index is 5.44. The van der Waals surface area contributed by atoms with Crippen molar-refractivity contribution in [2.45, 2.75) is 6.54 Å². The van der Waals surface area contributed by atoms with E-state index in [1.165, 1.54) is 0 Å². The second-order valence-electron chi connectivity index (χ2n) is 5.06. The lowest BCUT2D eigenvalue weighted by Crippen LogP contribution is -2.00. The van der Waals surface area contributed by atoms with Crippen LogP contribution in [-0.4, -0.2) is 24.1 Å². The summed E-state index contributed by atoms with van der Waals surface area (Å²) in [5.74, 6) is 2.08. The number of rotatable bonds is 4. The molecule has 2 heterocycles. The summed E-state index contributed by atoms with van der Waals surface area (Å²) in [5, 5.41) is 11.5. The van der Waals surface area contributed by atoms with Gasteiger partial charge >= 0.3 is 0 Å². The molecule has 0 aliphatic carbocycles. The van der Waals surface area contributed by atoms with Gasteiger partial charge in [-0.1, -0.05) is 0 Å². The van der Waals surface area contributed by atoms with Crippen LogP contribution >= 0.6 is 0 Å². The number of methoxy groups -OCH3 is 1. The molecule has 0 radical (unpaired) electrons. The molecule has 0 fully saturated rings. The number of aromatic amines is 1. The first-order chi connectivity index (χ1) is 10.8. The van der Waals surface area contributed by atoms with Crippen molar-refractivity contribution in [3.63, 3.8) is 0 Å². The lowest BCUT2D eigenvalue weighted by Gasteiger charge is -2.10. The van der Waals surface area contributed by atoms with Crippen molar-refractivity contribution < 1.29 is 14.2 Å². The van der Waals surface area contributed by atoms with Crippen LogP contribution in [0, 0.1) is 0 Å². The van der Waals surface area contributed by atoms with Crippen LogP contribution < -0.4 is 19.5 Å².